The van der Waals surface area contributed by atoms with Gasteiger partial charge in [0.1, 0.15) is 0 Å². The van der Waals surface area contributed by atoms with Crippen molar-refractivity contribution in [1.29, 1.82) is 0 Å². The zero-order chi connectivity index (χ0) is 13.5. The summed E-state index contributed by atoms with van der Waals surface area (Å²) in [7, 11) is 0. The highest BCUT2D eigenvalue weighted by Gasteiger charge is 2.14. The summed E-state index contributed by atoms with van der Waals surface area (Å²) in [5, 5.41) is 3.39. The first kappa shape index (κ1) is 14.4. The molecular weight excluding hydrogens is 238 g/mol. The summed E-state index contributed by atoms with van der Waals surface area (Å²) in [5.74, 6) is 0.987. The molecule has 1 aromatic rings. The fourth-order valence-electron chi connectivity index (χ4n) is 2.63. The van der Waals surface area contributed by atoms with Crippen LogP contribution in [-0.2, 0) is 11.3 Å². The van der Waals surface area contributed by atoms with E-state index in [4.69, 9.17) is 4.74 Å². The number of aromatic nitrogens is 2. The fourth-order valence-corrected chi connectivity index (χ4v) is 2.63. The van der Waals surface area contributed by atoms with Crippen molar-refractivity contribution >= 4 is 5.95 Å². The van der Waals surface area contributed by atoms with Crippen LogP contribution in [-0.4, -0.2) is 28.8 Å². The minimum absolute atomic E-state index is 0.503. The van der Waals surface area contributed by atoms with E-state index < -0.39 is 0 Å². The molecule has 0 aliphatic heterocycles. The smallest absolute Gasteiger partial charge is 0.203 e. The Morgan fingerprint density at radius 2 is 2.21 bits per heavy atom. The first-order valence-electron chi connectivity index (χ1n) is 7.69. The van der Waals surface area contributed by atoms with Crippen LogP contribution in [0.4, 0.5) is 5.95 Å². The van der Waals surface area contributed by atoms with Crippen LogP contribution < -0.4 is 5.32 Å². The Bertz CT molecular complexity index is 369. The van der Waals surface area contributed by atoms with E-state index in [0.29, 0.717) is 6.10 Å². The topological polar surface area (TPSA) is 39.1 Å². The van der Waals surface area contributed by atoms with E-state index in [1.54, 1.807) is 0 Å². The zero-order valence-electron chi connectivity index (χ0n) is 12.3. The molecule has 1 heterocycles. The van der Waals surface area contributed by atoms with Gasteiger partial charge < -0.3 is 14.6 Å². The molecule has 1 saturated carbocycles. The van der Waals surface area contributed by atoms with Crippen LogP contribution in [0.2, 0.25) is 0 Å². The number of rotatable bonds is 8. The Morgan fingerprint density at radius 3 is 2.95 bits per heavy atom. The number of unbranched alkanes of at least 4 members (excludes halogenated alkanes) is 1. The Labute approximate surface area is 116 Å². The molecule has 0 radical (unpaired) electrons. The molecule has 108 valence electrons. The minimum atomic E-state index is 0.503. The molecule has 4 heteroatoms. The van der Waals surface area contributed by atoms with Gasteiger partial charge >= 0.3 is 0 Å². The molecule has 0 atom stereocenters. The maximum atomic E-state index is 5.85. The van der Waals surface area contributed by atoms with Crippen LogP contribution in [0.5, 0.6) is 0 Å². The summed E-state index contributed by atoms with van der Waals surface area (Å²) in [6.45, 7) is 6.93. The molecule has 1 aliphatic rings. The molecule has 2 rings (SSSR count). The van der Waals surface area contributed by atoms with Crippen LogP contribution in [0.1, 0.15) is 51.1 Å². The Kier molecular flexibility index (Phi) is 5.70. The standard InChI is InChI=1S/C15H27N3O/c1-3-4-10-18-12-13(2)17-15(18)16-9-11-19-14-7-5-6-8-14/h12,14H,3-11H2,1-2H3,(H,16,17). The number of hydrogen-bond donors (Lipinski definition) is 1. The van der Waals surface area contributed by atoms with E-state index in [1.165, 1.54) is 38.5 Å². The fraction of sp³-hybridized carbons (Fsp3) is 0.800. The van der Waals surface area contributed by atoms with E-state index in [9.17, 15) is 0 Å². The molecule has 1 fully saturated rings. The van der Waals surface area contributed by atoms with Crippen molar-refractivity contribution in [1.82, 2.24) is 9.55 Å². The molecule has 0 spiro atoms. The maximum absolute atomic E-state index is 5.85. The van der Waals surface area contributed by atoms with E-state index >= 15 is 0 Å². The number of nitrogens with zero attached hydrogens (tertiary/aromatic N) is 2. The number of aryl methyl sites for hydroxylation is 2. The lowest BCUT2D eigenvalue weighted by atomic mass is 10.3. The normalized spacial score (nSPS) is 16.1. The Hall–Kier alpha value is -1.03. The highest BCUT2D eigenvalue weighted by atomic mass is 16.5. The van der Waals surface area contributed by atoms with E-state index in [2.05, 4.69) is 28.0 Å². The van der Waals surface area contributed by atoms with Gasteiger partial charge in [-0.05, 0) is 26.2 Å². The molecule has 0 aromatic carbocycles. The summed E-state index contributed by atoms with van der Waals surface area (Å²) >= 11 is 0. The zero-order valence-corrected chi connectivity index (χ0v) is 12.3. The molecule has 4 nitrogen and oxygen atoms in total. The summed E-state index contributed by atoms with van der Waals surface area (Å²) in [6.07, 6.45) is 10.2. The number of hydrogen-bond acceptors (Lipinski definition) is 3. The largest absolute Gasteiger partial charge is 0.376 e. The lowest BCUT2D eigenvalue weighted by molar-refractivity contribution is 0.0658. The number of anilines is 1. The first-order chi connectivity index (χ1) is 9.29. The Morgan fingerprint density at radius 1 is 1.42 bits per heavy atom. The maximum Gasteiger partial charge on any atom is 0.203 e. The summed E-state index contributed by atoms with van der Waals surface area (Å²) < 4.78 is 8.07. The summed E-state index contributed by atoms with van der Waals surface area (Å²) in [5.41, 5.74) is 1.08. The molecule has 1 aromatic heterocycles. The highest BCUT2D eigenvalue weighted by molar-refractivity contribution is 5.28. The van der Waals surface area contributed by atoms with Gasteiger partial charge in [0.15, 0.2) is 0 Å². The van der Waals surface area contributed by atoms with Crippen molar-refractivity contribution in [3.05, 3.63) is 11.9 Å². The average molecular weight is 265 g/mol. The quantitative estimate of drug-likeness (QED) is 0.733. The van der Waals surface area contributed by atoms with Crippen molar-refractivity contribution < 1.29 is 4.74 Å². The van der Waals surface area contributed by atoms with Gasteiger partial charge in [-0.25, -0.2) is 4.98 Å². The van der Waals surface area contributed by atoms with Crippen molar-refractivity contribution in [2.24, 2.45) is 0 Å². The van der Waals surface area contributed by atoms with Gasteiger partial charge in [0.05, 0.1) is 18.4 Å². The lowest BCUT2D eigenvalue weighted by Crippen LogP contribution is -2.17. The monoisotopic (exact) mass is 265 g/mol. The first-order valence-corrected chi connectivity index (χ1v) is 7.69. The van der Waals surface area contributed by atoms with Crippen LogP contribution in [0.3, 0.4) is 0 Å². The van der Waals surface area contributed by atoms with Crippen molar-refractivity contribution in [3.8, 4) is 0 Å². The van der Waals surface area contributed by atoms with Gasteiger partial charge in [-0.15, -0.1) is 0 Å². The predicted molar refractivity (Wildman–Crippen MR) is 78.6 cm³/mol. The van der Waals surface area contributed by atoms with E-state index in [0.717, 1.165) is 31.3 Å². The molecule has 0 unspecified atom stereocenters. The third-order valence-electron chi connectivity index (χ3n) is 3.69. The predicted octanol–water partition coefficient (Wildman–Crippen LogP) is 3.36. The molecule has 0 amide bonds. The minimum Gasteiger partial charge on any atom is -0.376 e. The number of imidazole rings is 1. The second-order valence-electron chi connectivity index (χ2n) is 5.46. The Balaban J connectivity index is 1.71. The van der Waals surface area contributed by atoms with Gasteiger partial charge in [0.25, 0.3) is 0 Å². The molecule has 19 heavy (non-hydrogen) atoms. The van der Waals surface area contributed by atoms with Gasteiger partial charge in [-0.1, -0.05) is 26.2 Å². The van der Waals surface area contributed by atoms with Crippen LogP contribution >= 0.6 is 0 Å². The van der Waals surface area contributed by atoms with Crippen LogP contribution in [0.15, 0.2) is 6.20 Å². The van der Waals surface area contributed by atoms with Crippen molar-refractivity contribution in [3.63, 3.8) is 0 Å². The molecule has 1 aliphatic carbocycles. The van der Waals surface area contributed by atoms with Crippen molar-refractivity contribution in [2.75, 3.05) is 18.5 Å². The van der Waals surface area contributed by atoms with Crippen molar-refractivity contribution in [2.45, 2.75) is 65.0 Å². The van der Waals surface area contributed by atoms with E-state index in [1.807, 2.05) is 6.92 Å². The van der Waals surface area contributed by atoms with Crippen LogP contribution in [0, 0.1) is 6.92 Å². The van der Waals surface area contributed by atoms with Crippen LogP contribution in [0.25, 0.3) is 0 Å². The average Bonchev–Trinajstić information content (AvgIpc) is 3.02. The SMILES string of the molecule is CCCCn1cc(C)nc1NCCOC1CCCC1. The van der Waals surface area contributed by atoms with Gasteiger partial charge in [-0.3, -0.25) is 0 Å². The van der Waals surface area contributed by atoms with Gasteiger partial charge in [0.2, 0.25) is 5.95 Å². The number of ether oxygens (including phenoxy) is 1. The highest BCUT2D eigenvalue weighted by Crippen LogP contribution is 2.20. The molecule has 0 bridgehead atoms. The molecule has 0 saturated heterocycles. The van der Waals surface area contributed by atoms with E-state index in [-0.39, 0.29) is 0 Å². The van der Waals surface area contributed by atoms with Gasteiger partial charge in [0, 0.05) is 19.3 Å². The second kappa shape index (κ2) is 7.53. The molecule has 1 N–H and O–H groups in total. The van der Waals surface area contributed by atoms with Gasteiger partial charge in [-0.2, -0.15) is 0 Å². The lowest BCUT2D eigenvalue weighted by Gasteiger charge is -2.12. The third-order valence-corrected chi connectivity index (χ3v) is 3.69. The summed E-state index contributed by atoms with van der Waals surface area (Å²) in [4.78, 5) is 4.53. The third kappa shape index (κ3) is 4.53. The number of nitrogens with one attached hydrogen (secondary N) is 1. The summed E-state index contributed by atoms with van der Waals surface area (Å²) in [6, 6.07) is 0. The second-order valence-corrected chi connectivity index (χ2v) is 5.46. The molecular formula is C15H27N3O.